The van der Waals surface area contributed by atoms with Gasteiger partial charge in [-0.3, -0.25) is 9.48 Å². The predicted molar refractivity (Wildman–Crippen MR) is 70.0 cm³/mol. The number of anilines is 1. The molecule has 1 heterocycles. The van der Waals surface area contributed by atoms with Gasteiger partial charge in [-0.1, -0.05) is 6.07 Å². The molecule has 1 amide bonds. The van der Waals surface area contributed by atoms with Gasteiger partial charge in [0.05, 0.1) is 5.69 Å². The Bertz CT molecular complexity index is 563. The van der Waals surface area contributed by atoms with Gasteiger partial charge in [-0.15, -0.1) is 0 Å². The van der Waals surface area contributed by atoms with Gasteiger partial charge in [0.1, 0.15) is 0 Å². The molecule has 0 spiro atoms. The summed E-state index contributed by atoms with van der Waals surface area (Å²) in [5.41, 5.74) is 2.28. The quantitative estimate of drug-likeness (QED) is 0.925. The van der Waals surface area contributed by atoms with Gasteiger partial charge in [-0.25, -0.2) is 0 Å². The third kappa shape index (κ3) is 2.74. The monoisotopic (exact) mass is 293 g/mol. The average molecular weight is 294 g/mol. The molecule has 0 radical (unpaired) electrons. The number of carbonyl (C=O) groups excluding carboxylic acids is 1. The first kappa shape index (κ1) is 11.9. The van der Waals surface area contributed by atoms with Gasteiger partial charge in [0, 0.05) is 17.7 Å². The molecule has 0 aliphatic carbocycles. The number of nitrogens with one attached hydrogen (secondary N) is 1. The number of benzene rings is 1. The summed E-state index contributed by atoms with van der Waals surface area (Å²) in [5.74, 6) is -0.213. The Morgan fingerprint density at radius 1 is 1.41 bits per heavy atom. The normalized spacial score (nSPS) is 10.3. The number of amides is 1. The van der Waals surface area contributed by atoms with Crippen LogP contribution in [0.1, 0.15) is 16.1 Å². The zero-order chi connectivity index (χ0) is 12.4. The van der Waals surface area contributed by atoms with Gasteiger partial charge in [0.2, 0.25) is 0 Å². The summed E-state index contributed by atoms with van der Waals surface area (Å²) in [7, 11) is 1.78. The number of halogens is 1. The predicted octanol–water partition coefficient (Wildman–Crippen LogP) is 2.74. The van der Waals surface area contributed by atoms with Crippen LogP contribution in [0, 0.1) is 6.92 Å². The summed E-state index contributed by atoms with van der Waals surface area (Å²) in [6, 6.07) is 7.44. The first-order valence-corrected chi connectivity index (χ1v) is 5.93. The van der Waals surface area contributed by atoms with Crippen LogP contribution in [0.4, 0.5) is 5.69 Å². The van der Waals surface area contributed by atoms with Crippen molar-refractivity contribution in [3.8, 4) is 0 Å². The van der Waals surface area contributed by atoms with Crippen LogP contribution < -0.4 is 5.32 Å². The van der Waals surface area contributed by atoms with Crippen LogP contribution in [0.3, 0.4) is 0 Å². The fourth-order valence-electron chi connectivity index (χ4n) is 1.44. The minimum absolute atomic E-state index is 0.213. The fraction of sp³-hybridized carbons (Fsp3) is 0.167. The van der Waals surface area contributed by atoms with E-state index in [9.17, 15) is 4.79 Å². The lowest BCUT2D eigenvalue weighted by atomic mass is 10.2. The second-order valence-electron chi connectivity index (χ2n) is 3.81. The van der Waals surface area contributed by atoms with E-state index in [2.05, 4.69) is 26.3 Å². The molecule has 1 aromatic carbocycles. The van der Waals surface area contributed by atoms with Crippen LogP contribution >= 0.6 is 15.9 Å². The Kier molecular flexibility index (Phi) is 3.28. The smallest absolute Gasteiger partial charge is 0.276 e. The Balaban J connectivity index is 2.18. The highest BCUT2D eigenvalue weighted by atomic mass is 79.9. The van der Waals surface area contributed by atoms with E-state index in [0.29, 0.717) is 5.69 Å². The van der Waals surface area contributed by atoms with E-state index < -0.39 is 0 Å². The molecule has 88 valence electrons. The summed E-state index contributed by atoms with van der Waals surface area (Å²) < 4.78 is 2.46. The van der Waals surface area contributed by atoms with Crippen molar-refractivity contribution in [1.29, 1.82) is 0 Å². The fourth-order valence-corrected chi connectivity index (χ4v) is 2.04. The first-order chi connectivity index (χ1) is 8.06. The number of aromatic nitrogens is 2. The highest BCUT2D eigenvalue weighted by Gasteiger charge is 2.10. The first-order valence-electron chi connectivity index (χ1n) is 5.13. The molecular formula is C12H12BrN3O. The Morgan fingerprint density at radius 3 is 2.76 bits per heavy atom. The molecule has 0 bridgehead atoms. The number of nitrogens with zero attached hydrogens (tertiary/aromatic N) is 2. The highest BCUT2D eigenvalue weighted by Crippen LogP contribution is 2.23. The van der Waals surface area contributed by atoms with Crippen molar-refractivity contribution in [3.63, 3.8) is 0 Å². The maximum Gasteiger partial charge on any atom is 0.276 e. The minimum atomic E-state index is -0.213. The molecular weight excluding hydrogens is 282 g/mol. The molecule has 0 unspecified atom stereocenters. The lowest BCUT2D eigenvalue weighted by molar-refractivity contribution is 0.102. The second-order valence-corrected chi connectivity index (χ2v) is 4.67. The number of rotatable bonds is 2. The third-order valence-corrected chi connectivity index (χ3v) is 2.98. The van der Waals surface area contributed by atoms with Crippen molar-refractivity contribution in [1.82, 2.24) is 9.78 Å². The van der Waals surface area contributed by atoms with Crippen LogP contribution in [0.5, 0.6) is 0 Å². The van der Waals surface area contributed by atoms with Crippen molar-refractivity contribution < 1.29 is 4.79 Å². The lowest BCUT2D eigenvalue weighted by Gasteiger charge is -2.06. The van der Waals surface area contributed by atoms with Crippen molar-refractivity contribution in [2.24, 2.45) is 7.05 Å². The maximum absolute atomic E-state index is 11.9. The molecule has 5 heteroatoms. The van der Waals surface area contributed by atoms with E-state index in [4.69, 9.17) is 0 Å². The number of hydrogen-bond acceptors (Lipinski definition) is 2. The van der Waals surface area contributed by atoms with E-state index >= 15 is 0 Å². The van der Waals surface area contributed by atoms with E-state index in [0.717, 1.165) is 15.7 Å². The van der Waals surface area contributed by atoms with Crippen molar-refractivity contribution in [2.45, 2.75) is 6.92 Å². The lowest BCUT2D eigenvalue weighted by Crippen LogP contribution is -2.13. The van der Waals surface area contributed by atoms with Gasteiger partial charge in [-0.2, -0.15) is 5.10 Å². The molecule has 0 aliphatic rings. The number of hydrogen-bond donors (Lipinski definition) is 1. The van der Waals surface area contributed by atoms with Crippen LogP contribution in [0.15, 0.2) is 34.9 Å². The zero-order valence-corrected chi connectivity index (χ0v) is 11.2. The molecule has 0 saturated carbocycles. The number of carbonyl (C=O) groups is 1. The van der Waals surface area contributed by atoms with E-state index in [1.54, 1.807) is 24.0 Å². The molecule has 0 fully saturated rings. The van der Waals surface area contributed by atoms with E-state index in [-0.39, 0.29) is 5.91 Å². The molecule has 1 N–H and O–H groups in total. The SMILES string of the molecule is Cc1ccc(NC(=O)c2ccn(C)n2)c(Br)c1. The molecule has 0 atom stereocenters. The van der Waals surface area contributed by atoms with Gasteiger partial charge in [-0.05, 0) is 46.6 Å². The Labute approximate surface area is 108 Å². The number of aryl methyl sites for hydroxylation is 2. The van der Waals surface area contributed by atoms with Crippen LogP contribution in [0.2, 0.25) is 0 Å². The van der Waals surface area contributed by atoms with E-state index in [1.807, 2.05) is 25.1 Å². The van der Waals surface area contributed by atoms with Crippen LogP contribution in [-0.2, 0) is 7.05 Å². The Morgan fingerprint density at radius 2 is 2.18 bits per heavy atom. The summed E-state index contributed by atoms with van der Waals surface area (Å²) in [6.45, 7) is 2.00. The van der Waals surface area contributed by atoms with Crippen molar-refractivity contribution >= 4 is 27.5 Å². The molecule has 0 saturated heterocycles. The highest BCUT2D eigenvalue weighted by molar-refractivity contribution is 9.10. The zero-order valence-electron chi connectivity index (χ0n) is 9.57. The molecule has 17 heavy (non-hydrogen) atoms. The topological polar surface area (TPSA) is 46.9 Å². The maximum atomic E-state index is 11.9. The summed E-state index contributed by atoms with van der Waals surface area (Å²) in [5, 5.41) is 6.85. The van der Waals surface area contributed by atoms with Gasteiger partial charge in [0.25, 0.3) is 5.91 Å². The summed E-state index contributed by atoms with van der Waals surface area (Å²) in [6.07, 6.45) is 1.74. The van der Waals surface area contributed by atoms with Gasteiger partial charge < -0.3 is 5.32 Å². The molecule has 2 rings (SSSR count). The molecule has 1 aromatic heterocycles. The van der Waals surface area contributed by atoms with Gasteiger partial charge in [0.15, 0.2) is 5.69 Å². The Hall–Kier alpha value is -1.62. The third-order valence-electron chi connectivity index (χ3n) is 2.32. The largest absolute Gasteiger partial charge is 0.320 e. The average Bonchev–Trinajstić information content (AvgIpc) is 2.69. The molecule has 0 aliphatic heterocycles. The minimum Gasteiger partial charge on any atom is -0.320 e. The van der Waals surface area contributed by atoms with Crippen molar-refractivity contribution in [2.75, 3.05) is 5.32 Å². The van der Waals surface area contributed by atoms with Crippen LogP contribution in [-0.4, -0.2) is 15.7 Å². The van der Waals surface area contributed by atoms with Crippen molar-refractivity contribution in [3.05, 3.63) is 46.2 Å². The molecule has 4 nitrogen and oxygen atoms in total. The van der Waals surface area contributed by atoms with E-state index in [1.165, 1.54) is 0 Å². The second kappa shape index (κ2) is 4.71. The standard InChI is InChI=1S/C12H12BrN3O/c1-8-3-4-10(9(13)7-8)14-12(17)11-5-6-16(2)15-11/h3-7H,1-2H3,(H,14,17). The van der Waals surface area contributed by atoms with Crippen LogP contribution in [0.25, 0.3) is 0 Å². The summed E-state index contributed by atoms with van der Waals surface area (Å²) in [4.78, 5) is 11.9. The molecule has 2 aromatic rings. The summed E-state index contributed by atoms with van der Waals surface area (Å²) >= 11 is 3.41. The van der Waals surface area contributed by atoms with Gasteiger partial charge >= 0.3 is 0 Å².